The number of thioether (sulfide) groups is 1. The maximum absolute atomic E-state index is 12.1. The molecule has 8 nitrogen and oxygen atoms in total. The van der Waals surface area contributed by atoms with Gasteiger partial charge in [0.05, 0.1) is 30.1 Å². The van der Waals surface area contributed by atoms with Gasteiger partial charge >= 0.3 is 5.97 Å². The van der Waals surface area contributed by atoms with Crippen LogP contribution in [-0.2, 0) is 16.6 Å². The highest BCUT2D eigenvalue weighted by atomic mass is 32.2. The minimum absolute atomic E-state index is 0.184. The SMILES string of the molecule is COc1cc(/C=N\NC(=O)CSc2nc3ccccc3n2C)ccc1OC(C)=O. The quantitative estimate of drug-likeness (QED) is 0.211. The van der Waals surface area contributed by atoms with E-state index in [9.17, 15) is 9.59 Å². The van der Waals surface area contributed by atoms with E-state index in [-0.39, 0.29) is 11.7 Å². The molecule has 0 radical (unpaired) electrons. The number of carbonyl (C=O) groups excluding carboxylic acids is 2. The van der Waals surface area contributed by atoms with Gasteiger partial charge in [0.15, 0.2) is 16.7 Å². The molecule has 150 valence electrons. The molecule has 9 heteroatoms. The van der Waals surface area contributed by atoms with E-state index in [4.69, 9.17) is 9.47 Å². The molecule has 1 aromatic heterocycles. The number of nitrogens with zero attached hydrogens (tertiary/aromatic N) is 3. The van der Waals surface area contributed by atoms with Crippen LogP contribution in [0.1, 0.15) is 12.5 Å². The summed E-state index contributed by atoms with van der Waals surface area (Å²) in [6, 6.07) is 12.8. The summed E-state index contributed by atoms with van der Waals surface area (Å²) in [4.78, 5) is 27.7. The number of carbonyl (C=O) groups is 2. The summed E-state index contributed by atoms with van der Waals surface area (Å²) < 4.78 is 12.2. The summed E-state index contributed by atoms with van der Waals surface area (Å²) in [5, 5.41) is 4.72. The zero-order valence-electron chi connectivity index (χ0n) is 16.2. The van der Waals surface area contributed by atoms with Crippen LogP contribution in [0.25, 0.3) is 11.0 Å². The number of methoxy groups -OCH3 is 1. The lowest BCUT2D eigenvalue weighted by Gasteiger charge is -2.08. The molecule has 1 N–H and O–H groups in total. The van der Waals surface area contributed by atoms with Crippen molar-refractivity contribution in [2.45, 2.75) is 12.1 Å². The highest BCUT2D eigenvalue weighted by Crippen LogP contribution is 2.27. The summed E-state index contributed by atoms with van der Waals surface area (Å²) in [5.74, 6) is 0.216. The second kappa shape index (κ2) is 9.24. The fourth-order valence-corrected chi connectivity index (χ4v) is 3.38. The van der Waals surface area contributed by atoms with Crippen molar-refractivity contribution in [2.24, 2.45) is 12.1 Å². The summed E-state index contributed by atoms with van der Waals surface area (Å²) in [5.41, 5.74) is 5.07. The van der Waals surface area contributed by atoms with Gasteiger partial charge in [0.1, 0.15) is 0 Å². The van der Waals surface area contributed by atoms with Crippen LogP contribution in [0.2, 0.25) is 0 Å². The van der Waals surface area contributed by atoms with E-state index in [0.717, 1.165) is 16.2 Å². The maximum atomic E-state index is 12.1. The molecular formula is C20H20N4O4S. The maximum Gasteiger partial charge on any atom is 0.308 e. The molecular weight excluding hydrogens is 392 g/mol. The van der Waals surface area contributed by atoms with Crippen molar-refractivity contribution in [1.29, 1.82) is 0 Å². The first kappa shape index (κ1) is 20.4. The van der Waals surface area contributed by atoms with Crippen LogP contribution >= 0.6 is 11.8 Å². The molecule has 0 atom stereocenters. The highest BCUT2D eigenvalue weighted by Gasteiger charge is 2.10. The normalized spacial score (nSPS) is 11.0. The lowest BCUT2D eigenvalue weighted by atomic mass is 10.2. The van der Waals surface area contributed by atoms with Gasteiger partial charge in [0.25, 0.3) is 5.91 Å². The lowest BCUT2D eigenvalue weighted by Crippen LogP contribution is -2.19. The number of hydrogen-bond acceptors (Lipinski definition) is 7. The third kappa shape index (κ3) is 5.14. The van der Waals surface area contributed by atoms with Gasteiger partial charge in [-0.1, -0.05) is 23.9 Å². The van der Waals surface area contributed by atoms with Gasteiger partial charge in [-0.2, -0.15) is 5.10 Å². The Kier molecular flexibility index (Phi) is 6.50. The molecule has 0 bridgehead atoms. The average Bonchev–Trinajstić information content (AvgIpc) is 3.03. The highest BCUT2D eigenvalue weighted by molar-refractivity contribution is 7.99. The van der Waals surface area contributed by atoms with E-state index in [0.29, 0.717) is 17.1 Å². The fraction of sp³-hybridized carbons (Fsp3) is 0.200. The molecule has 0 spiro atoms. The number of amides is 1. The minimum Gasteiger partial charge on any atom is -0.493 e. The van der Waals surface area contributed by atoms with Gasteiger partial charge in [-0.25, -0.2) is 10.4 Å². The molecule has 2 aromatic carbocycles. The number of hydrazone groups is 1. The van der Waals surface area contributed by atoms with Crippen molar-refractivity contribution >= 4 is 40.9 Å². The molecule has 3 aromatic rings. The monoisotopic (exact) mass is 412 g/mol. The number of aryl methyl sites for hydroxylation is 1. The van der Waals surface area contributed by atoms with E-state index in [1.807, 2.05) is 35.9 Å². The number of ether oxygens (including phenoxy) is 2. The third-order valence-corrected chi connectivity index (χ3v) is 4.95. The predicted molar refractivity (Wildman–Crippen MR) is 111 cm³/mol. The number of esters is 1. The standard InChI is InChI=1S/C20H20N4O4S/c1-13(25)28-17-9-8-14(10-18(17)27-3)11-21-23-19(26)12-29-20-22-15-6-4-5-7-16(15)24(20)2/h4-11H,12H2,1-3H3,(H,23,26)/b21-11-. The Bertz CT molecular complexity index is 1080. The molecule has 1 heterocycles. The van der Waals surface area contributed by atoms with E-state index in [2.05, 4.69) is 15.5 Å². The Hall–Kier alpha value is -3.33. The van der Waals surface area contributed by atoms with Crippen molar-refractivity contribution in [3.63, 3.8) is 0 Å². The van der Waals surface area contributed by atoms with Crippen LogP contribution in [-0.4, -0.2) is 40.5 Å². The fourth-order valence-electron chi connectivity index (χ4n) is 2.60. The zero-order chi connectivity index (χ0) is 20.8. The van der Waals surface area contributed by atoms with Crippen molar-refractivity contribution in [1.82, 2.24) is 15.0 Å². The van der Waals surface area contributed by atoms with Crippen LogP contribution in [0.3, 0.4) is 0 Å². The Morgan fingerprint density at radius 2 is 2.03 bits per heavy atom. The molecule has 0 saturated heterocycles. The van der Waals surface area contributed by atoms with Crippen molar-refractivity contribution < 1.29 is 19.1 Å². The van der Waals surface area contributed by atoms with E-state index >= 15 is 0 Å². The van der Waals surface area contributed by atoms with Crippen LogP contribution < -0.4 is 14.9 Å². The van der Waals surface area contributed by atoms with Gasteiger partial charge < -0.3 is 14.0 Å². The third-order valence-electron chi connectivity index (χ3n) is 3.92. The van der Waals surface area contributed by atoms with Gasteiger partial charge in [0, 0.05) is 14.0 Å². The summed E-state index contributed by atoms with van der Waals surface area (Å²) in [6.45, 7) is 1.32. The summed E-state index contributed by atoms with van der Waals surface area (Å²) in [7, 11) is 3.39. The van der Waals surface area contributed by atoms with Crippen LogP contribution in [0, 0.1) is 0 Å². The molecule has 1 amide bonds. The van der Waals surface area contributed by atoms with Crippen molar-refractivity contribution in [2.75, 3.05) is 12.9 Å². The first-order valence-corrected chi connectivity index (χ1v) is 9.69. The summed E-state index contributed by atoms with van der Waals surface area (Å²) >= 11 is 1.34. The average molecular weight is 412 g/mol. The van der Waals surface area contributed by atoms with Gasteiger partial charge in [-0.05, 0) is 35.9 Å². The Morgan fingerprint density at radius 1 is 1.24 bits per heavy atom. The molecule has 0 aliphatic carbocycles. The number of nitrogens with one attached hydrogen (secondary N) is 1. The number of aromatic nitrogens is 2. The molecule has 29 heavy (non-hydrogen) atoms. The van der Waals surface area contributed by atoms with Gasteiger partial charge in [0.2, 0.25) is 0 Å². The van der Waals surface area contributed by atoms with Gasteiger partial charge in [-0.15, -0.1) is 0 Å². The van der Waals surface area contributed by atoms with Crippen LogP contribution in [0.4, 0.5) is 0 Å². The van der Waals surface area contributed by atoms with Crippen LogP contribution in [0.15, 0.2) is 52.7 Å². The second-order valence-corrected chi connectivity index (χ2v) is 6.97. The molecule has 0 saturated carbocycles. The Morgan fingerprint density at radius 3 is 2.76 bits per heavy atom. The Balaban J connectivity index is 1.56. The number of fused-ring (bicyclic) bond motifs is 1. The number of hydrogen-bond donors (Lipinski definition) is 1. The lowest BCUT2D eigenvalue weighted by molar-refractivity contribution is -0.132. The molecule has 0 fully saturated rings. The first-order chi connectivity index (χ1) is 14.0. The summed E-state index contributed by atoms with van der Waals surface area (Å²) in [6.07, 6.45) is 1.48. The van der Waals surface area contributed by atoms with E-state index in [1.54, 1.807) is 18.2 Å². The molecule has 0 aliphatic heterocycles. The van der Waals surface area contributed by atoms with Gasteiger partial charge in [-0.3, -0.25) is 9.59 Å². The second-order valence-electron chi connectivity index (χ2n) is 6.03. The number of imidazole rings is 1. The number of rotatable bonds is 7. The molecule has 3 rings (SSSR count). The predicted octanol–water partition coefficient (Wildman–Crippen LogP) is 2.75. The van der Waals surface area contributed by atoms with Crippen molar-refractivity contribution in [3.8, 4) is 11.5 Å². The number of benzene rings is 2. The number of para-hydroxylation sites is 2. The minimum atomic E-state index is -0.435. The topological polar surface area (TPSA) is 94.8 Å². The van der Waals surface area contributed by atoms with E-state index < -0.39 is 5.97 Å². The van der Waals surface area contributed by atoms with Crippen molar-refractivity contribution in [3.05, 3.63) is 48.0 Å². The Labute approximate surface area is 171 Å². The molecule has 0 unspecified atom stereocenters. The largest absolute Gasteiger partial charge is 0.493 e. The molecule has 0 aliphatic rings. The van der Waals surface area contributed by atoms with Crippen LogP contribution in [0.5, 0.6) is 11.5 Å². The first-order valence-electron chi connectivity index (χ1n) is 8.70. The smallest absolute Gasteiger partial charge is 0.308 e. The zero-order valence-corrected chi connectivity index (χ0v) is 17.0. The van der Waals surface area contributed by atoms with E-state index in [1.165, 1.54) is 32.0 Å².